The lowest BCUT2D eigenvalue weighted by Gasteiger charge is -2.16. The Kier molecular flexibility index (Phi) is 2.09. The fourth-order valence-electron chi connectivity index (χ4n) is 2.22. The van der Waals surface area contributed by atoms with Gasteiger partial charge in [-0.2, -0.15) is 0 Å². The van der Waals surface area contributed by atoms with E-state index in [2.05, 4.69) is 0 Å². The zero-order valence-corrected chi connectivity index (χ0v) is 7.72. The molecule has 0 spiro atoms. The summed E-state index contributed by atoms with van der Waals surface area (Å²) in [6.07, 6.45) is 1.64. The van der Waals surface area contributed by atoms with Gasteiger partial charge in [0.05, 0.1) is 0 Å². The van der Waals surface area contributed by atoms with Gasteiger partial charge in [-0.05, 0) is 31.1 Å². The van der Waals surface area contributed by atoms with E-state index in [1.165, 1.54) is 0 Å². The van der Waals surface area contributed by atoms with Crippen LogP contribution in [0.2, 0.25) is 0 Å². The van der Waals surface area contributed by atoms with Crippen molar-refractivity contribution in [2.24, 2.45) is 11.8 Å². The van der Waals surface area contributed by atoms with E-state index >= 15 is 0 Å². The van der Waals surface area contributed by atoms with Gasteiger partial charge in [-0.25, -0.2) is 9.59 Å². The number of likely N-dealkylation sites (tertiary alicyclic amines) is 1. The van der Waals surface area contributed by atoms with Crippen molar-refractivity contribution in [2.45, 2.75) is 25.3 Å². The normalized spacial score (nSPS) is 31.9. The molecule has 1 aliphatic carbocycles. The Balaban J connectivity index is 2.06. The lowest BCUT2D eigenvalue weighted by Crippen LogP contribution is -2.39. The van der Waals surface area contributed by atoms with E-state index in [1.807, 2.05) is 0 Å². The van der Waals surface area contributed by atoms with Crippen molar-refractivity contribution in [3.63, 3.8) is 0 Å². The van der Waals surface area contributed by atoms with Crippen LogP contribution in [-0.2, 0) is 4.79 Å². The SMILES string of the molecule is O=C(O)C1CC(C2CC2)CN1C(=O)O. The number of carboxylic acid groups (broad SMARTS) is 2. The molecule has 0 aromatic carbocycles. The second-order valence-corrected chi connectivity index (χ2v) is 4.12. The fourth-order valence-corrected chi connectivity index (χ4v) is 2.22. The lowest BCUT2D eigenvalue weighted by molar-refractivity contribution is -0.141. The van der Waals surface area contributed by atoms with E-state index in [0.717, 1.165) is 17.7 Å². The van der Waals surface area contributed by atoms with Crippen LogP contribution in [-0.4, -0.2) is 39.8 Å². The third-order valence-corrected chi connectivity index (χ3v) is 3.15. The zero-order chi connectivity index (χ0) is 10.3. The number of aliphatic carboxylic acids is 1. The molecule has 5 heteroatoms. The Bertz CT molecular complexity index is 252. The highest BCUT2D eigenvalue weighted by atomic mass is 16.4. The molecular weight excluding hydrogens is 186 g/mol. The maximum absolute atomic E-state index is 10.8. The van der Waals surface area contributed by atoms with Gasteiger partial charge in [0.1, 0.15) is 6.04 Å². The van der Waals surface area contributed by atoms with Crippen LogP contribution in [0.15, 0.2) is 0 Å². The second-order valence-electron chi connectivity index (χ2n) is 4.12. The molecule has 0 aromatic heterocycles. The monoisotopic (exact) mass is 199 g/mol. The molecule has 0 radical (unpaired) electrons. The molecule has 5 nitrogen and oxygen atoms in total. The first-order valence-corrected chi connectivity index (χ1v) is 4.82. The Morgan fingerprint density at radius 2 is 1.79 bits per heavy atom. The van der Waals surface area contributed by atoms with Gasteiger partial charge >= 0.3 is 12.1 Å². The first-order chi connectivity index (χ1) is 6.59. The highest BCUT2D eigenvalue weighted by molar-refractivity contribution is 5.80. The molecule has 2 rings (SSSR count). The number of hydrogen-bond acceptors (Lipinski definition) is 2. The van der Waals surface area contributed by atoms with Crippen molar-refractivity contribution >= 4 is 12.1 Å². The van der Waals surface area contributed by atoms with Gasteiger partial charge in [0, 0.05) is 6.54 Å². The molecule has 1 aliphatic heterocycles. The Morgan fingerprint density at radius 3 is 2.14 bits per heavy atom. The van der Waals surface area contributed by atoms with Gasteiger partial charge in [-0.15, -0.1) is 0 Å². The summed E-state index contributed by atoms with van der Waals surface area (Å²) in [4.78, 5) is 22.6. The van der Waals surface area contributed by atoms with Crippen LogP contribution in [0.1, 0.15) is 19.3 Å². The van der Waals surface area contributed by atoms with Crippen LogP contribution in [0.5, 0.6) is 0 Å². The van der Waals surface area contributed by atoms with E-state index in [9.17, 15) is 9.59 Å². The average molecular weight is 199 g/mol. The van der Waals surface area contributed by atoms with Crippen molar-refractivity contribution in [1.82, 2.24) is 4.90 Å². The molecule has 0 aromatic rings. The molecular formula is C9H13NO4. The van der Waals surface area contributed by atoms with E-state index in [-0.39, 0.29) is 5.92 Å². The van der Waals surface area contributed by atoms with Crippen molar-refractivity contribution in [1.29, 1.82) is 0 Å². The summed E-state index contributed by atoms with van der Waals surface area (Å²) in [7, 11) is 0. The predicted octanol–water partition coefficient (Wildman–Crippen LogP) is 0.850. The first-order valence-electron chi connectivity index (χ1n) is 4.82. The minimum Gasteiger partial charge on any atom is -0.480 e. The lowest BCUT2D eigenvalue weighted by atomic mass is 10.0. The van der Waals surface area contributed by atoms with Crippen molar-refractivity contribution < 1.29 is 19.8 Å². The van der Waals surface area contributed by atoms with Crippen molar-refractivity contribution in [2.75, 3.05) is 6.54 Å². The summed E-state index contributed by atoms with van der Waals surface area (Å²) < 4.78 is 0. The molecule has 2 unspecified atom stereocenters. The van der Waals surface area contributed by atoms with Crippen LogP contribution < -0.4 is 0 Å². The van der Waals surface area contributed by atoms with Crippen LogP contribution in [0, 0.1) is 11.8 Å². The van der Waals surface area contributed by atoms with E-state index in [1.54, 1.807) is 0 Å². The van der Waals surface area contributed by atoms with Crippen molar-refractivity contribution in [3.05, 3.63) is 0 Å². The van der Waals surface area contributed by atoms with Crippen LogP contribution in [0.4, 0.5) is 4.79 Å². The minimum absolute atomic E-state index is 0.271. The molecule has 0 bridgehead atoms. The second kappa shape index (κ2) is 3.15. The maximum atomic E-state index is 10.8. The van der Waals surface area contributed by atoms with Gasteiger partial charge in [-0.3, -0.25) is 4.90 Å². The Hall–Kier alpha value is -1.26. The standard InChI is InChI=1S/C9H13NO4/c11-8(12)7-3-6(5-1-2-5)4-10(7)9(13)14/h5-7H,1-4H2,(H,11,12)(H,13,14). The van der Waals surface area contributed by atoms with E-state index < -0.39 is 18.1 Å². The molecule has 1 saturated heterocycles. The van der Waals surface area contributed by atoms with E-state index in [0.29, 0.717) is 18.9 Å². The highest BCUT2D eigenvalue weighted by Crippen LogP contribution is 2.43. The number of hydrogen-bond donors (Lipinski definition) is 2. The number of carbonyl (C=O) groups is 2. The smallest absolute Gasteiger partial charge is 0.408 e. The Labute approximate surface area is 81.3 Å². The molecule has 1 saturated carbocycles. The molecule has 1 heterocycles. The maximum Gasteiger partial charge on any atom is 0.408 e. The van der Waals surface area contributed by atoms with Gasteiger partial charge in [0.25, 0.3) is 0 Å². The minimum atomic E-state index is -1.11. The summed E-state index contributed by atoms with van der Waals surface area (Å²) in [5.74, 6) is -0.177. The molecule has 2 atom stereocenters. The molecule has 2 fully saturated rings. The quantitative estimate of drug-likeness (QED) is 0.691. The fraction of sp³-hybridized carbons (Fsp3) is 0.778. The largest absolute Gasteiger partial charge is 0.480 e. The van der Waals surface area contributed by atoms with Crippen LogP contribution in [0.3, 0.4) is 0 Å². The average Bonchev–Trinajstić information content (AvgIpc) is 2.83. The third kappa shape index (κ3) is 1.54. The summed E-state index contributed by atoms with van der Waals surface area (Å²) in [5.41, 5.74) is 0. The summed E-state index contributed by atoms with van der Waals surface area (Å²) in [6.45, 7) is 0.400. The topological polar surface area (TPSA) is 77.8 Å². The summed E-state index contributed by atoms with van der Waals surface area (Å²) in [6, 6.07) is -0.821. The van der Waals surface area contributed by atoms with Gasteiger partial charge in [-0.1, -0.05) is 0 Å². The number of amides is 1. The van der Waals surface area contributed by atoms with Gasteiger partial charge < -0.3 is 10.2 Å². The van der Waals surface area contributed by atoms with Crippen LogP contribution in [0.25, 0.3) is 0 Å². The predicted molar refractivity (Wildman–Crippen MR) is 47.0 cm³/mol. The number of carboxylic acids is 1. The van der Waals surface area contributed by atoms with Crippen molar-refractivity contribution in [3.8, 4) is 0 Å². The summed E-state index contributed by atoms with van der Waals surface area (Å²) >= 11 is 0. The zero-order valence-electron chi connectivity index (χ0n) is 7.72. The molecule has 2 N–H and O–H groups in total. The van der Waals surface area contributed by atoms with Crippen LogP contribution >= 0.6 is 0 Å². The number of nitrogens with zero attached hydrogens (tertiary/aromatic N) is 1. The van der Waals surface area contributed by atoms with Gasteiger partial charge in [0.2, 0.25) is 0 Å². The van der Waals surface area contributed by atoms with E-state index in [4.69, 9.17) is 10.2 Å². The molecule has 14 heavy (non-hydrogen) atoms. The Morgan fingerprint density at radius 1 is 1.14 bits per heavy atom. The third-order valence-electron chi connectivity index (χ3n) is 3.15. The first kappa shape index (κ1) is 9.30. The van der Waals surface area contributed by atoms with Gasteiger partial charge in [0.15, 0.2) is 0 Å². The number of rotatable bonds is 2. The highest BCUT2D eigenvalue weighted by Gasteiger charge is 2.45. The molecule has 1 amide bonds. The molecule has 78 valence electrons. The summed E-state index contributed by atoms with van der Waals surface area (Å²) in [5, 5.41) is 17.7. The molecule has 2 aliphatic rings.